The van der Waals surface area contributed by atoms with Gasteiger partial charge in [0.05, 0.1) is 11.9 Å². The van der Waals surface area contributed by atoms with Crippen LogP contribution in [0.4, 0.5) is 11.5 Å². The zero-order valence-corrected chi connectivity index (χ0v) is 11.7. The van der Waals surface area contributed by atoms with E-state index in [0.717, 1.165) is 18.5 Å². The Morgan fingerprint density at radius 2 is 2.15 bits per heavy atom. The van der Waals surface area contributed by atoms with Gasteiger partial charge in [-0.3, -0.25) is 9.78 Å². The van der Waals surface area contributed by atoms with Crippen molar-refractivity contribution in [3.8, 4) is 0 Å². The number of aromatic nitrogens is 2. The fraction of sp³-hybridized carbons (Fsp3) is 0.267. The maximum Gasteiger partial charge on any atom is 0.274 e. The molecular weight excluding hydrogens is 252 g/mol. The Balaban J connectivity index is 2.11. The quantitative estimate of drug-likeness (QED) is 0.876. The molecule has 2 aromatic heterocycles. The molecule has 104 valence electrons. The van der Waals surface area contributed by atoms with Crippen molar-refractivity contribution in [1.82, 2.24) is 9.97 Å². The lowest BCUT2D eigenvalue weighted by molar-refractivity contribution is 0.102. The monoisotopic (exact) mass is 270 g/mol. The number of nitrogens with zero attached hydrogens (tertiary/aromatic N) is 2. The van der Waals surface area contributed by atoms with Crippen LogP contribution in [0.1, 0.15) is 29.4 Å². The van der Waals surface area contributed by atoms with Gasteiger partial charge in [-0.25, -0.2) is 4.98 Å². The molecule has 0 spiro atoms. The molecule has 2 N–H and O–H groups in total. The molecule has 2 rings (SSSR count). The van der Waals surface area contributed by atoms with E-state index in [4.69, 9.17) is 0 Å². The number of carbonyl (C=O) groups is 1. The highest BCUT2D eigenvalue weighted by Gasteiger charge is 2.09. The molecule has 0 saturated heterocycles. The first-order valence-electron chi connectivity index (χ1n) is 6.63. The number of hydrogen-bond acceptors (Lipinski definition) is 4. The Morgan fingerprint density at radius 1 is 1.30 bits per heavy atom. The molecule has 20 heavy (non-hydrogen) atoms. The van der Waals surface area contributed by atoms with Gasteiger partial charge in [0.2, 0.25) is 0 Å². The van der Waals surface area contributed by atoms with E-state index < -0.39 is 0 Å². The minimum atomic E-state index is -0.235. The molecule has 2 aromatic rings. The SMILES string of the molecule is CCCNc1cccc(C(=O)Nc2cnccc2C)n1. The Morgan fingerprint density at radius 3 is 2.90 bits per heavy atom. The van der Waals surface area contributed by atoms with Gasteiger partial charge in [-0.15, -0.1) is 0 Å². The molecule has 0 atom stereocenters. The first-order chi connectivity index (χ1) is 9.70. The Kier molecular flexibility index (Phi) is 4.65. The third kappa shape index (κ3) is 3.54. The predicted molar refractivity (Wildman–Crippen MR) is 79.9 cm³/mol. The summed E-state index contributed by atoms with van der Waals surface area (Å²) in [4.78, 5) is 20.5. The van der Waals surface area contributed by atoms with Crippen LogP contribution in [-0.2, 0) is 0 Å². The van der Waals surface area contributed by atoms with Gasteiger partial charge in [-0.2, -0.15) is 0 Å². The molecule has 0 aromatic carbocycles. The first kappa shape index (κ1) is 14.0. The maximum atomic E-state index is 12.2. The number of nitrogens with one attached hydrogen (secondary N) is 2. The number of amides is 1. The summed E-state index contributed by atoms with van der Waals surface area (Å²) in [6.45, 7) is 4.83. The molecule has 1 amide bonds. The Hall–Kier alpha value is -2.43. The highest BCUT2D eigenvalue weighted by Crippen LogP contribution is 2.13. The smallest absolute Gasteiger partial charge is 0.274 e. The molecule has 5 heteroatoms. The molecular formula is C15H18N4O. The van der Waals surface area contributed by atoms with Gasteiger partial charge in [0.25, 0.3) is 5.91 Å². The van der Waals surface area contributed by atoms with Crippen molar-refractivity contribution in [3.05, 3.63) is 47.9 Å². The van der Waals surface area contributed by atoms with E-state index >= 15 is 0 Å². The molecule has 0 saturated carbocycles. The fourth-order valence-electron chi connectivity index (χ4n) is 1.69. The van der Waals surface area contributed by atoms with Crippen molar-refractivity contribution in [2.24, 2.45) is 0 Å². The van der Waals surface area contributed by atoms with Gasteiger partial charge in [0.1, 0.15) is 11.5 Å². The predicted octanol–water partition coefficient (Wildman–Crippen LogP) is 2.86. The van der Waals surface area contributed by atoms with E-state index in [1.54, 1.807) is 18.5 Å². The molecule has 0 unspecified atom stereocenters. The largest absolute Gasteiger partial charge is 0.370 e. The van der Waals surface area contributed by atoms with Crippen LogP contribution < -0.4 is 10.6 Å². The second kappa shape index (κ2) is 6.65. The summed E-state index contributed by atoms with van der Waals surface area (Å²) < 4.78 is 0. The number of aryl methyl sites for hydroxylation is 1. The molecule has 0 fully saturated rings. The van der Waals surface area contributed by atoms with E-state index in [-0.39, 0.29) is 5.91 Å². The van der Waals surface area contributed by atoms with Crippen LogP contribution in [-0.4, -0.2) is 22.4 Å². The van der Waals surface area contributed by atoms with Crippen LogP contribution in [0.2, 0.25) is 0 Å². The van der Waals surface area contributed by atoms with E-state index in [9.17, 15) is 4.79 Å². The normalized spacial score (nSPS) is 10.1. The standard InChI is InChI=1S/C15H18N4O/c1-3-8-17-14-6-4-5-12(18-14)15(20)19-13-10-16-9-7-11(13)2/h4-7,9-10H,3,8H2,1-2H3,(H,17,18)(H,19,20). The Bertz CT molecular complexity index is 598. The molecule has 5 nitrogen and oxygen atoms in total. The highest BCUT2D eigenvalue weighted by atomic mass is 16.1. The molecule has 0 aliphatic carbocycles. The summed E-state index contributed by atoms with van der Waals surface area (Å²) in [6.07, 6.45) is 4.33. The average Bonchev–Trinajstić information content (AvgIpc) is 2.48. The number of carbonyl (C=O) groups excluding carboxylic acids is 1. The summed E-state index contributed by atoms with van der Waals surface area (Å²) in [5, 5.41) is 5.98. The number of rotatable bonds is 5. The molecule has 0 radical (unpaired) electrons. The van der Waals surface area contributed by atoms with Crippen molar-refractivity contribution in [1.29, 1.82) is 0 Å². The lowest BCUT2D eigenvalue weighted by Crippen LogP contribution is -2.15. The van der Waals surface area contributed by atoms with Crippen molar-refractivity contribution in [2.75, 3.05) is 17.2 Å². The van der Waals surface area contributed by atoms with Gasteiger partial charge in [-0.05, 0) is 37.1 Å². The van der Waals surface area contributed by atoms with E-state index in [1.165, 1.54) is 0 Å². The van der Waals surface area contributed by atoms with E-state index in [2.05, 4.69) is 27.5 Å². The maximum absolute atomic E-state index is 12.2. The third-order valence-corrected chi connectivity index (χ3v) is 2.83. The van der Waals surface area contributed by atoms with Crippen molar-refractivity contribution in [2.45, 2.75) is 20.3 Å². The Labute approximate surface area is 118 Å². The lowest BCUT2D eigenvalue weighted by atomic mass is 10.2. The fourth-order valence-corrected chi connectivity index (χ4v) is 1.69. The number of pyridine rings is 2. The third-order valence-electron chi connectivity index (χ3n) is 2.83. The van der Waals surface area contributed by atoms with Crippen LogP contribution in [0.3, 0.4) is 0 Å². The topological polar surface area (TPSA) is 66.9 Å². The minimum Gasteiger partial charge on any atom is -0.370 e. The van der Waals surface area contributed by atoms with Gasteiger partial charge >= 0.3 is 0 Å². The van der Waals surface area contributed by atoms with E-state index in [0.29, 0.717) is 17.2 Å². The van der Waals surface area contributed by atoms with Crippen molar-refractivity contribution >= 4 is 17.4 Å². The van der Waals surface area contributed by atoms with Crippen LogP contribution >= 0.6 is 0 Å². The lowest BCUT2D eigenvalue weighted by Gasteiger charge is -2.08. The molecule has 2 heterocycles. The summed E-state index contributed by atoms with van der Waals surface area (Å²) in [6, 6.07) is 7.21. The molecule has 0 aliphatic rings. The van der Waals surface area contributed by atoms with E-state index in [1.807, 2.05) is 25.1 Å². The highest BCUT2D eigenvalue weighted by molar-refractivity contribution is 6.03. The molecule has 0 aliphatic heterocycles. The molecule has 0 bridgehead atoms. The first-order valence-corrected chi connectivity index (χ1v) is 6.63. The van der Waals surface area contributed by atoms with Crippen molar-refractivity contribution in [3.63, 3.8) is 0 Å². The van der Waals surface area contributed by atoms with Crippen LogP contribution in [0.15, 0.2) is 36.7 Å². The summed E-state index contributed by atoms with van der Waals surface area (Å²) >= 11 is 0. The minimum absolute atomic E-state index is 0.235. The van der Waals surface area contributed by atoms with Gasteiger partial charge in [0.15, 0.2) is 0 Å². The second-order valence-corrected chi connectivity index (χ2v) is 4.48. The van der Waals surface area contributed by atoms with Crippen LogP contribution in [0.25, 0.3) is 0 Å². The van der Waals surface area contributed by atoms with Gasteiger partial charge in [0, 0.05) is 12.7 Å². The summed E-state index contributed by atoms with van der Waals surface area (Å²) in [7, 11) is 0. The summed E-state index contributed by atoms with van der Waals surface area (Å²) in [5.74, 6) is 0.476. The average molecular weight is 270 g/mol. The number of anilines is 2. The zero-order valence-electron chi connectivity index (χ0n) is 11.7. The van der Waals surface area contributed by atoms with Gasteiger partial charge < -0.3 is 10.6 Å². The van der Waals surface area contributed by atoms with Gasteiger partial charge in [-0.1, -0.05) is 13.0 Å². The summed E-state index contributed by atoms with van der Waals surface area (Å²) in [5.41, 5.74) is 2.05. The van der Waals surface area contributed by atoms with Crippen LogP contribution in [0, 0.1) is 6.92 Å². The van der Waals surface area contributed by atoms with Crippen LogP contribution in [0.5, 0.6) is 0 Å². The zero-order chi connectivity index (χ0) is 14.4. The second-order valence-electron chi connectivity index (χ2n) is 4.48. The van der Waals surface area contributed by atoms with Crippen molar-refractivity contribution < 1.29 is 4.79 Å². The number of hydrogen-bond donors (Lipinski definition) is 2.